The van der Waals surface area contributed by atoms with E-state index in [1.807, 2.05) is 12.1 Å². The predicted octanol–water partition coefficient (Wildman–Crippen LogP) is 2.25. The van der Waals surface area contributed by atoms with Crippen molar-refractivity contribution in [3.05, 3.63) is 51.6 Å². The van der Waals surface area contributed by atoms with Crippen molar-refractivity contribution in [3.63, 3.8) is 0 Å². The maximum atomic E-state index is 10.5. The van der Waals surface area contributed by atoms with Gasteiger partial charge in [0, 0.05) is 12.1 Å². The minimum Gasteiger partial charge on any atom is -0.258 e. The summed E-state index contributed by atoms with van der Waals surface area (Å²) < 4.78 is 0. The molecule has 0 aliphatic heterocycles. The Morgan fingerprint density at radius 3 is 2.54 bits per heavy atom. The van der Waals surface area contributed by atoms with Crippen molar-refractivity contribution in [3.8, 4) is 0 Å². The van der Waals surface area contributed by atoms with E-state index in [1.54, 1.807) is 12.1 Å². The standard InChI is InChI=1S/C10H9NO2/c12-11(13)10-6-5-8-3-1-2-4-9(8)7-10/h1-2,5-7H,3-4H2. The summed E-state index contributed by atoms with van der Waals surface area (Å²) in [4.78, 5) is 10.1. The normalized spacial score (nSPS) is 13.8. The van der Waals surface area contributed by atoms with Gasteiger partial charge in [-0.3, -0.25) is 10.1 Å². The second-order valence-electron chi connectivity index (χ2n) is 3.09. The van der Waals surface area contributed by atoms with E-state index in [4.69, 9.17) is 0 Å². The fourth-order valence-corrected chi connectivity index (χ4v) is 1.54. The fraction of sp³-hybridized carbons (Fsp3) is 0.200. The molecule has 1 aliphatic carbocycles. The first-order chi connectivity index (χ1) is 6.27. The van der Waals surface area contributed by atoms with Crippen molar-refractivity contribution < 1.29 is 4.92 Å². The Bertz CT molecular complexity index is 383. The number of nitro benzene ring substituents is 1. The number of nitro groups is 1. The average Bonchev–Trinajstić information content (AvgIpc) is 2.17. The zero-order valence-electron chi connectivity index (χ0n) is 7.06. The molecular weight excluding hydrogens is 166 g/mol. The van der Waals surface area contributed by atoms with Crippen LogP contribution < -0.4 is 0 Å². The van der Waals surface area contributed by atoms with E-state index < -0.39 is 0 Å². The first-order valence-electron chi connectivity index (χ1n) is 4.18. The highest BCUT2D eigenvalue weighted by atomic mass is 16.6. The molecule has 0 saturated carbocycles. The molecule has 0 heterocycles. The van der Waals surface area contributed by atoms with E-state index in [0.717, 1.165) is 18.4 Å². The van der Waals surface area contributed by atoms with Crippen LogP contribution in [0.4, 0.5) is 5.69 Å². The topological polar surface area (TPSA) is 43.1 Å². The van der Waals surface area contributed by atoms with Crippen LogP contribution in [0.2, 0.25) is 0 Å². The Morgan fingerprint density at radius 2 is 1.85 bits per heavy atom. The molecule has 1 aromatic rings. The molecule has 0 fully saturated rings. The highest BCUT2D eigenvalue weighted by Gasteiger charge is 2.10. The molecule has 0 spiro atoms. The lowest BCUT2D eigenvalue weighted by Gasteiger charge is -2.09. The number of fused-ring (bicyclic) bond motifs is 1. The van der Waals surface area contributed by atoms with Gasteiger partial charge in [-0.1, -0.05) is 18.2 Å². The van der Waals surface area contributed by atoms with Crippen molar-refractivity contribution in [2.75, 3.05) is 0 Å². The Kier molecular flexibility index (Phi) is 1.85. The smallest absolute Gasteiger partial charge is 0.258 e. The summed E-state index contributed by atoms with van der Waals surface area (Å²) in [5, 5.41) is 10.5. The molecule has 0 atom stereocenters. The third-order valence-corrected chi connectivity index (χ3v) is 2.24. The van der Waals surface area contributed by atoms with Gasteiger partial charge < -0.3 is 0 Å². The van der Waals surface area contributed by atoms with E-state index in [2.05, 4.69) is 6.08 Å². The Balaban J connectivity index is 2.44. The van der Waals surface area contributed by atoms with Crippen LogP contribution in [0.5, 0.6) is 0 Å². The molecule has 0 aromatic heterocycles. The molecule has 13 heavy (non-hydrogen) atoms. The van der Waals surface area contributed by atoms with Gasteiger partial charge in [-0.05, 0) is 24.0 Å². The first kappa shape index (κ1) is 7.98. The van der Waals surface area contributed by atoms with Gasteiger partial charge >= 0.3 is 0 Å². The third-order valence-electron chi connectivity index (χ3n) is 2.24. The zero-order valence-corrected chi connectivity index (χ0v) is 7.06. The van der Waals surface area contributed by atoms with Crippen molar-refractivity contribution >= 4 is 5.69 Å². The second-order valence-corrected chi connectivity index (χ2v) is 3.09. The minimum absolute atomic E-state index is 0.189. The molecule has 0 unspecified atom stereocenters. The zero-order chi connectivity index (χ0) is 9.26. The van der Waals surface area contributed by atoms with Gasteiger partial charge in [0.15, 0.2) is 0 Å². The summed E-state index contributed by atoms with van der Waals surface area (Å²) in [7, 11) is 0. The maximum absolute atomic E-state index is 10.5. The summed E-state index contributed by atoms with van der Waals surface area (Å²) in [5.74, 6) is 0. The average molecular weight is 175 g/mol. The van der Waals surface area contributed by atoms with Gasteiger partial charge in [-0.2, -0.15) is 0 Å². The minimum atomic E-state index is -0.349. The molecule has 0 bridgehead atoms. The summed E-state index contributed by atoms with van der Waals surface area (Å²) in [6.45, 7) is 0. The fourth-order valence-electron chi connectivity index (χ4n) is 1.54. The van der Waals surface area contributed by atoms with Crippen LogP contribution in [0.25, 0.3) is 0 Å². The van der Waals surface area contributed by atoms with Crippen molar-refractivity contribution in [2.45, 2.75) is 12.8 Å². The van der Waals surface area contributed by atoms with Crippen LogP contribution >= 0.6 is 0 Å². The number of rotatable bonds is 1. The largest absolute Gasteiger partial charge is 0.269 e. The van der Waals surface area contributed by atoms with Gasteiger partial charge in [0.25, 0.3) is 5.69 Å². The molecule has 2 rings (SSSR count). The summed E-state index contributed by atoms with van der Waals surface area (Å²) in [6, 6.07) is 5.08. The van der Waals surface area contributed by atoms with E-state index in [0.29, 0.717) is 0 Å². The van der Waals surface area contributed by atoms with E-state index in [-0.39, 0.29) is 10.6 Å². The number of nitrogens with zero attached hydrogens (tertiary/aromatic N) is 1. The predicted molar refractivity (Wildman–Crippen MR) is 49.6 cm³/mol. The molecule has 3 nitrogen and oxygen atoms in total. The Labute approximate surface area is 75.8 Å². The quantitative estimate of drug-likeness (QED) is 0.373. The molecule has 0 N–H and O–H groups in total. The number of allylic oxidation sites excluding steroid dienone is 2. The molecule has 0 amide bonds. The van der Waals surface area contributed by atoms with Gasteiger partial charge in [0.1, 0.15) is 0 Å². The van der Waals surface area contributed by atoms with Crippen LogP contribution in [0.15, 0.2) is 30.4 Å². The molecule has 3 heteroatoms. The summed E-state index contributed by atoms with van der Waals surface area (Å²) in [6.07, 6.45) is 5.85. The monoisotopic (exact) mass is 175 g/mol. The molecule has 0 radical (unpaired) electrons. The second kappa shape index (κ2) is 3.01. The lowest BCUT2D eigenvalue weighted by molar-refractivity contribution is -0.384. The molecule has 1 aliphatic rings. The van der Waals surface area contributed by atoms with Gasteiger partial charge in [0.2, 0.25) is 0 Å². The first-order valence-corrected chi connectivity index (χ1v) is 4.18. The number of non-ortho nitro benzene ring substituents is 1. The highest BCUT2D eigenvalue weighted by molar-refractivity contribution is 5.43. The van der Waals surface area contributed by atoms with Crippen LogP contribution in [0, 0.1) is 10.1 Å². The van der Waals surface area contributed by atoms with Gasteiger partial charge in [-0.25, -0.2) is 0 Å². The van der Waals surface area contributed by atoms with Crippen molar-refractivity contribution in [1.29, 1.82) is 0 Å². The molecule has 0 saturated heterocycles. The van der Waals surface area contributed by atoms with Crippen LogP contribution in [-0.2, 0) is 12.8 Å². The lowest BCUT2D eigenvalue weighted by Crippen LogP contribution is -1.98. The summed E-state index contributed by atoms with van der Waals surface area (Å²) >= 11 is 0. The molecule has 1 aromatic carbocycles. The van der Waals surface area contributed by atoms with Crippen LogP contribution in [0.1, 0.15) is 11.1 Å². The Hall–Kier alpha value is -1.64. The number of benzene rings is 1. The van der Waals surface area contributed by atoms with E-state index in [1.165, 1.54) is 5.56 Å². The van der Waals surface area contributed by atoms with Gasteiger partial charge in [-0.15, -0.1) is 0 Å². The SMILES string of the molecule is O=[N+]([O-])c1ccc2c(c1)CC=CC2. The third kappa shape index (κ3) is 1.45. The number of hydrogen-bond acceptors (Lipinski definition) is 2. The van der Waals surface area contributed by atoms with E-state index in [9.17, 15) is 10.1 Å². The lowest BCUT2D eigenvalue weighted by atomic mass is 9.96. The van der Waals surface area contributed by atoms with Gasteiger partial charge in [0.05, 0.1) is 4.92 Å². The van der Waals surface area contributed by atoms with Crippen molar-refractivity contribution in [2.24, 2.45) is 0 Å². The van der Waals surface area contributed by atoms with E-state index >= 15 is 0 Å². The highest BCUT2D eigenvalue weighted by Crippen LogP contribution is 2.21. The molecule has 66 valence electrons. The van der Waals surface area contributed by atoms with Crippen LogP contribution in [-0.4, -0.2) is 4.92 Å². The summed E-state index contributed by atoms with van der Waals surface area (Å²) in [5.41, 5.74) is 2.47. The van der Waals surface area contributed by atoms with Crippen molar-refractivity contribution in [1.82, 2.24) is 0 Å². The van der Waals surface area contributed by atoms with Crippen LogP contribution in [0.3, 0.4) is 0 Å². The Morgan fingerprint density at radius 1 is 1.15 bits per heavy atom. The number of hydrogen-bond donors (Lipinski definition) is 0. The molecular formula is C10H9NO2. The maximum Gasteiger partial charge on any atom is 0.269 e.